The van der Waals surface area contributed by atoms with Crippen molar-refractivity contribution in [1.29, 1.82) is 5.26 Å². The predicted octanol–water partition coefficient (Wildman–Crippen LogP) is 3.74. The first-order valence-electron chi connectivity index (χ1n) is 6.88. The number of nitrogens with zero attached hydrogens (tertiary/aromatic N) is 3. The molecule has 23 heavy (non-hydrogen) atoms. The third-order valence-corrected chi connectivity index (χ3v) is 3.73. The average molecular weight is 349 g/mol. The number of nitrogens with one attached hydrogen (secondary N) is 1. The summed E-state index contributed by atoms with van der Waals surface area (Å²) in [5.74, 6) is -0.0822. The van der Waals surface area contributed by atoms with Crippen molar-refractivity contribution >= 4 is 34.9 Å². The number of carbonyl (C=O) groups excluding carboxylic acids is 1. The zero-order valence-corrected chi connectivity index (χ0v) is 14.1. The molecule has 1 aromatic carbocycles. The second kappa shape index (κ2) is 7.32. The molecule has 118 valence electrons. The lowest BCUT2D eigenvalue weighted by molar-refractivity contribution is 0.0949. The summed E-state index contributed by atoms with van der Waals surface area (Å²) >= 11 is 12.0. The molecule has 0 saturated carbocycles. The van der Waals surface area contributed by atoms with Gasteiger partial charge in [0.1, 0.15) is 11.2 Å². The van der Waals surface area contributed by atoms with Crippen LogP contribution in [0.1, 0.15) is 28.4 Å². The molecule has 0 fully saturated rings. The van der Waals surface area contributed by atoms with Crippen LogP contribution in [0, 0.1) is 18.3 Å². The van der Waals surface area contributed by atoms with Crippen LogP contribution in [0.3, 0.4) is 0 Å². The van der Waals surface area contributed by atoms with Crippen molar-refractivity contribution in [3.63, 3.8) is 0 Å². The van der Waals surface area contributed by atoms with Gasteiger partial charge in [-0.15, -0.1) is 0 Å². The van der Waals surface area contributed by atoms with Crippen molar-refractivity contribution in [2.75, 3.05) is 11.6 Å². The monoisotopic (exact) mass is 348 g/mol. The lowest BCUT2D eigenvalue weighted by Gasteiger charge is -2.24. The van der Waals surface area contributed by atoms with Crippen LogP contribution < -0.4 is 10.4 Å². The number of carbonyl (C=O) groups is 1. The molecule has 2 aromatic rings. The Kier molecular flexibility index (Phi) is 5.43. The number of halogens is 2. The number of hydrogen-bond acceptors (Lipinski definition) is 4. The molecule has 5 nitrogen and oxygen atoms in total. The van der Waals surface area contributed by atoms with Gasteiger partial charge in [-0.3, -0.25) is 15.2 Å². The number of hydrogen-bond donors (Lipinski definition) is 1. The molecular weight excluding hydrogens is 335 g/mol. The Morgan fingerprint density at radius 1 is 1.39 bits per heavy atom. The second-order valence-corrected chi connectivity index (χ2v) is 5.53. The van der Waals surface area contributed by atoms with E-state index in [-0.39, 0.29) is 11.1 Å². The van der Waals surface area contributed by atoms with E-state index in [9.17, 15) is 10.1 Å². The van der Waals surface area contributed by atoms with E-state index in [1.165, 1.54) is 5.01 Å². The fourth-order valence-corrected chi connectivity index (χ4v) is 2.53. The lowest BCUT2D eigenvalue weighted by atomic mass is 10.1. The van der Waals surface area contributed by atoms with Gasteiger partial charge in [-0.05, 0) is 37.6 Å². The zero-order valence-electron chi connectivity index (χ0n) is 12.6. The van der Waals surface area contributed by atoms with E-state index in [4.69, 9.17) is 23.2 Å². The molecule has 0 bridgehead atoms. The number of nitriles is 1. The molecule has 0 aliphatic rings. The minimum absolute atomic E-state index is 0.252. The molecule has 1 amide bonds. The summed E-state index contributed by atoms with van der Waals surface area (Å²) in [5.41, 5.74) is 4.09. The molecule has 0 spiro atoms. The highest BCUT2D eigenvalue weighted by Gasteiger charge is 2.19. The Hall–Kier alpha value is -2.29. The van der Waals surface area contributed by atoms with Crippen molar-refractivity contribution in [3.05, 3.63) is 57.2 Å². The highest BCUT2D eigenvalue weighted by Crippen LogP contribution is 2.23. The minimum Gasteiger partial charge on any atom is -0.267 e. The van der Waals surface area contributed by atoms with Crippen LogP contribution in [0.2, 0.25) is 10.2 Å². The first kappa shape index (κ1) is 17.1. The predicted molar refractivity (Wildman–Crippen MR) is 90.6 cm³/mol. The van der Waals surface area contributed by atoms with Crippen LogP contribution in [0.4, 0.5) is 5.82 Å². The summed E-state index contributed by atoms with van der Waals surface area (Å²) in [5, 5.41) is 11.4. The number of aryl methyl sites for hydroxylation is 1. The number of rotatable bonds is 4. The highest BCUT2D eigenvalue weighted by atomic mass is 35.5. The van der Waals surface area contributed by atoms with E-state index < -0.39 is 0 Å². The number of amides is 1. The summed E-state index contributed by atoms with van der Waals surface area (Å²) < 4.78 is 0. The Balaban J connectivity index is 2.37. The average Bonchev–Trinajstić information content (AvgIpc) is 2.52. The smallest absolute Gasteiger partial charge is 0.267 e. The Morgan fingerprint density at radius 3 is 2.70 bits per heavy atom. The molecule has 0 aliphatic heterocycles. The van der Waals surface area contributed by atoms with Crippen LogP contribution in [0.5, 0.6) is 0 Å². The number of aromatic nitrogens is 1. The summed E-state index contributed by atoms with van der Waals surface area (Å²) in [6.07, 6.45) is 0. The van der Waals surface area contributed by atoms with Crippen LogP contribution in [-0.4, -0.2) is 17.4 Å². The molecule has 0 atom stereocenters. The van der Waals surface area contributed by atoms with E-state index in [2.05, 4.69) is 16.5 Å². The fraction of sp³-hybridized carbons (Fsp3) is 0.188. The molecule has 0 radical (unpaired) electrons. The summed E-state index contributed by atoms with van der Waals surface area (Å²) in [6.45, 7) is 3.99. The molecule has 7 heteroatoms. The van der Waals surface area contributed by atoms with Crippen LogP contribution in [0.15, 0.2) is 30.3 Å². The first-order chi connectivity index (χ1) is 11.0. The molecular formula is C16H14Cl2N4O. The largest absolute Gasteiger partial charge is 0.271 e. The van der Waals surface area contributed by atoms with E-state index in [0.717, 1.165) is 0 Å². The maximum atomic E-state index is 12.4. The van der Waals surface area contributed by atoms with Gasteiger partial charge in [-0.2, -0.15) is 5.26 Å². The SMILES string of the molecule is CCN(NC(=O)c1ccccc1Cl)c1nc(Cl)cc(C)c1C#N. The molecule has 0 unspecified atom stereocenters. The summed E-state index contributed by atoms with van der Waals surface area (Å²) in [7, 11) is 0. The third-order valence-electron chi connectivity index (χ3n) is 3.20. The topological polar surface area (TPSA) is 69.0 Å². The first-order valence-corrected chi connectivity index (χ1v) is 7.63. The maximum Gasteiger partial charge on any atom is 0.271 e. The molecule has 0 aliphatic carbocycles. The van der Waals surface area contributed by atoms with E-state index >= 15 is 0 Å². The molecule has 1 N–H and O–H groups in total. The van der Waals surface area contributed by atoms with Gasteiger partial charge in [0.15, 0.2) is 5.82 Å². The molecule has 1 aromatic heterocycles. The van der Waals surface area contributed by atoms with E-state index in [1.54, 1.807) is 37.3 Å². The van der Waals surface area contributed by atoms with Gasteiger partial charge in [0, 0.05) is 6.54 Å². The van der Waals surface area contributed by atoms with Crippen molar-refractivity contribution in [1.82, 2.24) is 10.4 Å². The van der Waals surface area contributed by atoms with Crippen molar-refractivity contribution in [3.8, 4) is 6.07 Å². The highest BCUT2D eigenvalue weighted by molar-refractivity contribution is 6.33. The van der Waals surface area contributed by atoms with Gasteiger partial charge in [0.05, 0.1) is 16.1 Å². The molecule has 2 rings (SSSR count). The third kappa shape index (κ3) is 3.73. The van der Waals surface area contributed by atoms with Gasteiger partial charge < -0.3 is 0 Å². The molecule has 1 heterocycles. The van der Waals surface area contributed by atoms with Crippen LogP contribution in [-0.2, 0) is 0 Å². The van der Waals surface area contributed by atoms with E-state index in [1.807, 2.05) is 6.92 Å². The quantitative estimate of drug-likeness (QED) is 0.674. The van der Waals surface area contributed by atoms with E-state index in [0.29, 0.717) is 34.1 Å². The van der Waals surface area contributed by atoms with Gasteiger partial charge >= 0.3 is 0 Å². The van der Waals surface area contributed by atoms with Crippen LogP contribution >= 0.6 is 23.2 Å². The number of pyridine rings is 1. The Morgan fingerprint density at radius 2 is 2.09 bits per heavy atom. The minimum atomic E-state index is -0.388. The van der Waals surface area contributed by atoms with Gasteiger partial charge in [-0.1, -0.05) is 35.3 Å². The number of benzene rings is 1. The summed E-state index contributed by atoms with van der Waals surface area (Å²) in [4.78, 5) is 16.6. The van der Waals surface area contributed by atoms with Crippen molar-refractivity contribution in [2.45, 2.75) is 13.8 Å². The standard InChI is InChI=1S/C16H14Cl2N4O/c1-3-22(15-12(9-19)10(2)8-14(18)20-15)21-16(23)11-6-4-5-7-13(11)17/h4-8H,3H2,1-2H3,(H,21,23). The fourth-order valence-electron chi connectivity index (χ4n) is 2.06. The molecule has 0 saturated heterocycles. The van der Waals surface area contributed by atoms with Gasteiger partial charge in [0.2, 0.25) is 0 Å². The van der Waals surface area contributed by atoms with Crippen molar-refractivity contribution in [2.24, 2.45) is 0 Å². The second-order valence-electron chi connectivity index (χ2n) is 4.74. The zero-order chi connectivity index (χ0) is 17.0. The van der Waals surface area contributed by atoms with Crippen molar-refractivity contribution < 1.29 is 4.79 Å². The maximum absolute atomic E-state index is 12.4. The van der Waals surface area contributed by atoms with Gasteiger partial charge in [0.25, 0.3) is 5.91 Å². The summed E-state index contributed by atoms with van der Waals surface area (Å²) in [6, 6.07) is 10.4. The number of hydrazine groups is 1. The number of anilines is 1. The lowest BCUT2D eigenvalue weighted by Crippen LogP contribution is -2.43. The Bertz CT molecular complexity index is 786. The van der Waals surface area contributed by atoms with Gasteiger partial charge in [-0.25, -0.2) is 4.98 Å². The Labute approximate surface area is 144 Å². The van der Waals surface area contributed by atoms with Crippen LogP contribution in [0.25, 0.3) is 0 Å². The normalized spacial score (nSPS) is 10.0.